The van der Waals surface area contributed by atoms with Crippen LogP contribution < -0.4 is 5.32 Å². The highest BCUT2D eigenvalue weighted by Gasteiger charge is 2.52. The van der Waals surface area contributed by atoms with Gasteiger partial charge in [0.05, 0.1) is 6.61 Å². The van der Waals surface area contributed by atoms with Crippen molar-refractivity contribution in [3.05, 3.63) is 12.2 Å². The summed E-state index contributed by atoms with van der Waals surface area (Å²) in [6, 6.07) is -0.462. The minimum Gasteiger partial charge on any atom is -0.464 e. The van der Waals surface area contributed by atoms with Crippen LogP contribution in [-0.4, -0.2) is 41.5 Å². The van der Waals surface area contributed by atoms with Crippen LogP contribution in [0.5, 0.6) is 0 Å². The lowest BCUT2D eigenvalue weighted by atomic mass is 9.75. The normalized spacial score (nSPS) is 34.2. The molecule has 0 aromatic rings. The third-order valence-corrected chi connectivity index (χ3v) is 6.45. The van der Waals surface area contributed by atoms with E-state index in [1.807, 2.05) is 0 Å². The predicted octanol–water partition coefficient (Wildman–Crippen LogP) is 3.02. The van der Waals surface area contributed by atoms with E-state index in [2.05, 4.69) is 31.3 Å². The highest BCUT2D eigenvalue weighted by Crippen LogP contribution is 2.37. The highest BCUT2D eigenvalue weighted by atomic mass is 16.5. The van der Waals surface area contributed by atoms with Crippen LogP contribution in [0.1, 0.15) is 58.8 Å². The van der Waals surface area contributed by atoms with Crippen molar-refractivity contribution in [1.29, 1.82) is 0 Å². The molecule has 0 aromatic carbocycles. The van der Waals surface area contributed by atoms with Crippen LogP contribution in [0.15, 0.2) is 12.2 Å². The van der Waals surface area contributed by atoms with Gasteiger partial charge in [0, 0.05) is 0 Å². The Bertz CT molecular complexity index is 593. The predicted molar refractivity (Wildman–Crippen MR) is 97.2 cm³/mol. The second kappa shape index (κ2) is 7.80. The molecule has 144 valence electrons. The number of amides is 3. The summed E-state index contributed by atoms with van der Waals surface area (Å²) < 4.78 is 5.37. The molecule has 1 N–H and O–H groups in total. The largest absolute Gasteiger partial charge is 0.464 e. The third-order valence-electron chi connectivity index (χ3n) is 6.45. The number of esters is 1. The van der Waals surface area contributed by atoms with Crippen LogP contribution in [0.3, 0.4) is 0 Å². The van der Waals surface area contributed by atoms with E-state index >= 15 is 0 Å². The molecule has 1 saturated heterocycles. The van der Waals surface area contributed by atoms with Gasteiger partial charge in [-0.1, -0.05) is 32.4 Å². The molecule has 3 aliphatic rings. The quantitative estimate of drug-likeness (QED) is 0.463. The van der Waals surface area contributed by atoms with Crippen molar-refractivity contribution in [2.24, 2.45) is 17.8 Å². The number of allylic oxidation sites excluding steroid dienone is 2. The van der Waals surface area contributed by atoms with Gasteiger partial charge in [0.2, 0.25) is 0 Å². The summed E-state index contributed by atoms with van der Waals surface area (Å²) in [5.41, 5.74) is -0.800. The summed E-state index contributed by atoms with van der Waals surface area (Å²) in [7, 11) is 0. The van der Waals surface area contributed by atoms with Crippen LogP contribution in [0.2, 0.25) is 0 Å². The monoisotopic (exact) mass is 362 g/mol. The van der Waals surface area contributed by atoms with Gasteiger partial charge in [0.15, 0.2) is 0 Å². The molecule has 26 heavy (non-hydrogen) atoms. The molecule has 3 rings (SSSR count). The summed E-state index contributed by atoms with van der Waals surface area (Å²) in [5, 5.41) is 2.85. The number of imide groups is 1. The van der Waals surface area contributed by atoms with Crippen LogP contribution in [0.4, 0.5) is 4.79 Å². The van der Waals surface area contributed by atoms with Crippen LogP contribution in [-0.2, 0) is 14.3 Å². The first-order chi connectivity index (χ1) is 12.4. The van der Waals surface area contributed by atoms with Gasteiger partial charge in [-0.25, -0.2) is 4.79 Å². The maximum Gasteiger partial charge on any atom is 0.326 e. The van der Waals surface area contributed by atoms with Gasteiger partial charge in [-0.15, -0.1) is 0 Å². The van der Waals surface area contributed by atoms with Gasteiger partial charge in [0.25, 0.3) is 5.91 Å². The van der Waals surface area contributed by atoms with E-state index in [0.717, 1.165) is 37.0 Å². The van der Waals surface area contributed by atoms with E-state index in [1.54, 1.807) is 0 Å². The Labute approximate surface area is 155 Å². The lowest BCUT2D eigenvalue weighted by Crippen LogP contribution is -2.49. The zero-order chi connectivity index (χ0) is 18.7. The summed E-state index contributed by atoms with van der Waals surface area (Å²) in [6.45, 7) is 4.36. The minimum absolute atomic E-state index is 0.261. The molecule has 0 bridgehead atoms. The van der Waals surface area contributed by atoms with E-state index in [1.165, 1.54) is 0 Å². The molecule has 2 unspecified atom stereocenters. The van der Waals surface area contributed by atoms with Crippen molar-refractivity contribution in [1.82, 2.24) is 10.2 Å². The Morgan fingerprint density at radius 2 is 1.96 bits per heavy atom. The van der Waals surface area contributed by atoms with Gasteiger partial charge in [0.1, 0.15) is 12.1 Å². The Morgan fingerprint density at radius 1 is 1.27 bits per heavy atom. The molecule has 1 spiro atoms. The summed E-state index contributed by atoms with van der Waals surface area (Å²) in [4.78, 5) is 38.3. The van der Waals surface area contributed by atoms with Crippen molar-refractivity contribution < 1.29 is 19.1 Å². The molecule has 1 heterocycles. The molecule has 2 aliphatic carbocycles. The molecular formula is C20H30N2O4. The molecule has 1 saturated carbocycles. The fourth-order valence-electron chi connectivity index (χ4n) is 4.35. The number of carbonyl (C=O) groups is 3. The topological polar surface area (TPSA) is 75.7 Å². The van der Waals surface area contributed by atoms with Gasteiger partial charge < -0.3 is 10.1 Å². The number of carbonyl (C=O) groups excluding carboxylic acids is 3. The van der Waals surface area contributed by atoms with Crippen molar-refractivity contribution in [3.63, 3.8) is 0 Å². The molecule has 3 amide bonds. The van der Waals surface area contributed by atoms with Crippen molar-refractivity contribution in [2.75, 3.05) is 13.2 Å². The van der Waals surface area contributed by atoms with Crippen LogP contribution in [0.25, 0.3) is 0 Å². The van der Waals surface area contributed by atoms with Crippen molar-refractivity contribution >= 4 is 17.9 Å². The minimum atomic E-state index is -0.800. The summed E-state index contributed by atoms with van der Waals surface area (Å²) in [6.07, 6.45) is 10.5. The van der Waals surface area contributed by atoms with E-state index < -0.39 is 17.5 Å². The maximum absolute atomic E-state index is 12.8. The standard InChI is InChI=1S/C20H30N2O4/c1-3-15-8-10-20(11-9-15)18(24)22(19(25)21-20)12-17(23)26-13-16-7-5-4-6-14(16)2/h4-5,14-16H,3,6-13H2,1-2H3,(H,21,25). The van der Waals surface area contributed by atoms with E-state index in [-0.39, 0.29) is 12.5 Å². The van der Waals surface area contributed by atoms with E-state index in [0.29, 0.717) is 37.2 Å². The number of urea groups is 1. The number of hydrogen-bond acceptors (Lipinski definition) is 4. The second-order valence-corrected chi connectivity index (χ2v) is 8.12. The Balaban J connectivity index is 1.53. The average Bonchev–Trinajstić information content (AvgIpc) is 2.86. The smallest absolute Gasteiger partial charge is 0.326 e. The van der Waals surface area contributed by atoms with E-state index in [4.69, 9.17) is 4.74 Å². The van der Waals surface area contributed by atoms with Crippen LogP contribution in [0, 0.1) is 17.8 Å². The highest BCUT2D eigenvalue weighted by molar-refractivity contribution is 6.08. The maximum atomic E-state index is 12.8. The number of rotatable bonds is 5. The molecule has 2 atom stereocenters. The van der Waals surface area contributed by atoms with E-state index in [9.17, 15) is 14.4 Å². The van der Waals surface area contributed by atoms with Crippen molar-refractivity contribution in [2.45, 2.75) is 64.3 Å². The number of ether oxygens (including phenoxy) is 1. The molecule has 0 radical (unpaired) electrons. The van der Waals surface area contributed by atoms with Gasteiger partial charge in [-0.05, 0) is 56.3 Å². The molecule has 6 heteroatoms. The number of nitrogens with one attached hydrogen (secondary N) is 1. The first-order valence-corrected chi connectivity index (χ1v) is 9.90. The lowest BCUT2D eigenvalue weighted by molar-refractivity contribution is -0.149. The number of nitrogens with zero attached hydrogens (tertiary/aromatic N) is 1. The third kappa shape index (κ3) is 3.79. The first kappa shape index (κ1) is 18.9. The molecule has 0 aromatic heterocycles. The van der Waals surface area contributed by atoms with Crippen LogP contribution >= 0.6 is 0 Å². The zero-order valence-corrected chi connectivity index (χ0v) is 15.8. The van der Waals surface area contributed by atoms with Gasteiger partial charge >= 0.3 is 12.0 Å². The molecular weight excluding hydrogens is 332 g/mol. The summed E-state index contributed by atoms with van der Waals surface area (Å²) in [5.74, 6) is 0.637. The van der Waals surface area contributed by atoms with Crippen molar-refractivity contribution in [3.8, 4) is 0 Å². The summed E-state index contributed by atoms with van der Waals surface area (Å²) >= 11 is 0. The zero-order valence-electron chi connectivity index (χ0n) is 15.8. The Kier molecular flexibility index (Phi) is 5.68. The molecule has 2 fully saturated rings. The lowest BCUT2D eigenvalue weighted by Gasteiger charge is -2.34. The Morgan fingerprint density at radius 3 is 2.62 bits per heavy atom. The fraction of sp³-hybridized carbons (Fsp3) is 0.750. The molecule has 6 nitrogen and oxygen atoms in total. The fourth-order valence-corrected chi connectivity index (χ4v) is 4.35. The van der Waals surface area contributed by atoms with Gasteiger partial charge in [-0.3, -0.25) is 14.5 Å². The number of hydrogen-bond donors (Lipinski definition) is 1. The molecule has 1 aliphatic heterocycles. The van der Waals surface area contributed by atoms with Gasteiger partial charge in [-0.2, -0.15) is 0 Å². The first-order valence-electron chi connectivity index (χ1n) is 9.90. The Hall–Kier alpha value is -1.85. The SMILES string of the molecule is CCC1CCC2(CC1)NC(=O)N(CC(=O)OCC1CC=CCC1C)C2=O. The second-order valence-electron chi connectivity index (χ2n) is 8.12. The average molecular weight is 362 g/mol.